The SMILES string of the molecule is O=C(NCCc1c[nH]c2ccccc12)[C@@H]1CCCN(c2nc3cccnc3s2)C1. The summed E-state index contributed by atoms with van der Waals surface area (Å²) in [7, 11) is 0. The molecule has 0 radical (unpaired) electrons. The van der Waals surface area contributed by atoms with Crippen LogP contribution in [0, 0.1) is 5.92 Å². The number of fused-ring (bicyclic) bond motifs is 2. The number of nitrogens with one attached hydrogen (secondary N) is 2. The topological polar surface area (TPSA) is 73.9 Å². The Morgan fingerprint density at radius 2 is 2.21 bits per heavy atom. The van der Waals surface area contributed by atoms with Crippen molar-refractivity contribution in [3.8, 4) is 0 Å². The number of pyridine rings is 1. The molecule has 4 aromatic rings. The number of amides is 1. The Bertz CT molecular complexity index is 1120. The molecule has 0 saturated carbocycles. The smallest absolute Gasteiger partial charge is 0.224 e. The van der Waals surface area contributed by atoms with Gasteiger partial charge in [0.2, 0.25) is 5.91 Å². The second kappa shape index (κ2) is 7.83. The number of H-pyrrole nitrogens is 1. The van der Waals surface area contributed by atoms with Gasteiger partial charge < -0.3 is 15.2 Å². The number of aromatic nitrogens is 3. The van der Waals surface area contributed by atoms with Crippen molar-refractivity contribution in [3.63, 3.8) is 0 Å². The Morgan fingerprint density at radius 1 is 1.28 bits per heavy atom. The molecule has 148 valence electrons. The van der Waals surface area contributed by atoms with Crippen LogP contribution in [0.5, 0.6) is 0 Å². The van der Waals surface area contributed by atoms with Gasteiger partial charge in [0.05, 0.1) is 5.92 Å². The Balaban J connectivity index is 1.19. The number of aromatic amines is 1. The van der Waals surface area contributed by atoms with E-state index in [4.69, 9.17) is 4.98 Å². The van der Waals surface area contributed by atoms with Gasteiger partial charge >= 0.3 is 0 Å². The van der Waals surface area contributed by atoms with E-state index in [1.54, 1.807) is 17.5 Å². The number of thiazole rings is 1. The number of anilines is 1. The zero-order valence-electron chi connectivity index (χ0n) is 16.1. The van der Waals surface area contributed by atoms with Crippen molar-refractivity contribution in [1.29, 1.82) is 0 Å². The number of nitrogens with zero attached hydrogens (tertiary/aromatic N) is 3. The number of hydrogen-bond donors (Lipinski definition) is 2. The van der Waals surface area contributed by atoms with Gasteiger partial charge in [0.15, 0.2) is 5.13 Å². The van der Waals surface area contributed by atoms with Crippen LogP contribution in [0.3, 0.4) is 0 Å². The van der Waals surface area contributed by atoms with Gasteiger partial charge in [0.1, 0.15) is 10.3 Å². The van der Waals surface area contributed by atoms with Crippen LogP contribution in [0.4, 0.5) is 5.13 Å². The molecule has 1 aliphatic rings. The predicted molar refractivity (Wildman–Crippen MR) is 117 cm³/mol. The third kappa shape index (κ3) is 3.70. The van der Waals surface area contributed by atoms with Crippen LogP contribution in [0.1, 0.15) is 18.4 Å². The summed E-state index contributed by atoms with van der Waals surface area (Å²) >= 11 is 1.60. The summed E-state index contributed by atoms with van der Waals surface area (Å²) in [6, 6.07) is 12.2. The van der Waals surface area contributed by atoms with Gasteiger partial charge in [-0.3, -0.25) is 4.79 Å². The summed E-state index contributed by atoms with van der Waals surface area (Å²) in [5.74, 6) is 0.153. The van der Waals surface area contributed by atoms with Gasteiger partial charge in [-0.15, -0.1) is 0 Å². The number of benzene rings is 1. The molecule has 1 atom stereocenters. The number of carbonyl (C=O) groups excluding carboxylic acids is 1. The lowest BCUT2D eigenvalue weighted by molar-refractivity contribution is -0.125. The molecule has 0 spiro atoms. The minimum absolute atomic E-state index is 0.00619. The summed E-state index contributed by atoms with van der Waals surface area (Å²) < 4.78 is 0. The van der Waals surface area contributed by atoms with Gasteiger partial charge in [0, 0.05) is 42.9 Å². The number of carbonyl (C=O) groups is 1. The molecule has 1 fully saturated rings. The maximum Gasteiger partial charge on any atom is 0.224 e. The molecule has 29 heavy (non-hydrogen) atoms. The standard InChI is InChI=1S/C22H23N5OS/c28-20(23-11-9-15-13-25-18-7-2-1-6-17(15)18)16-5-4-12-27(14-16)22-26-19-8-3-10-24-21(19)29-22/h1-3,6-8,10,13,16,25H,4-5,9,11-12,14H2,(H,23,28)/t16-/m1/s1. The highest BCUT2D eigenvalue weighted by Gasteiger charge is 2.27. The monoisotopic (exact) mass is 405 g/mol. The first-order valence-corrected chi connectivity index (χ1v) is 10.9. The third-order valence-electron chi connectivity index (χ3n) is 5.59. The Kier molecular flexibility index (Phi) is 4.89. The van der Waals surface area contributed by atoms with Crippen molar-refractivity contribution in [3.05, 3.63) is 54.4 Å². The van der Waals surface area contributed by atoms with Crippen molar-refractivity contribution < 1.29 is 4.79 Å². The molecule has 5 rings (SSSR count). The molecule has 6 nitrogen and oxygen atoms in total. The second-order valence-electron chi connectivity index (χ2n) is 7.51. The summed E-state index contributed by atoms with van der Waals surface area (Å²) in [6.45, 7) is 2.32. The van der Waals surface area contributed by atoms with E-state index in [0.29, 0.717) is 6.54 Å². The van der Waals surface area contributed by atoms with Crippen molar-refractivity contribution >= 4 is 43.6 Å². The highest BCUT2D eigenvalue weighted by molar-refractivity contribution is 7.21. The molecular formula is C22H23N5OS. The minimum Gasteiger partial charge on any atom is -0.361 e. The second-order valence-corrected chi connectivity index (χ2v) is 8.47. The first kappa shape index (κ1) is 18.1. The van der Waals surface area contributed by atoms with Gasteiger partial charge in [-0.2, -0.15) is 0 Å². The summed E-state index contributed by atoms with van der Waals surface area (Å²) in [6.07, 6.45) is 6.60. The van der Waals surface area contributed by atoms with E-state index in [2.05, 4.69) is 32.3 Å². The third-order valence-corrected chi connectivity index (χ3v) is 6.63. The Hall–Kier alpha value is -2.93. The highest BCUT2D eigenvalue weighted by Crippen LogP contribution is 2.30. The molecule has 3 aromatic heterocycles. The van der Waals surface area contributed by atoms with Crippen molar-refractivity contribution in [2.45, 2.75) is 19.3 Å². The van der Waals surface area contributed by atoms with E-state index < -0.39 is 0 Å². The van der Waals surface area contributed by atoms with Crippen LogP contribution in [0.15, 0.2) is 48.8 Å². The molecule has 1 amide bonds. The quantitative estimate of drug-likeness (QED) is 0.530. The summed E-state index contributed by atoms with van der Waals surface area (Å²) in [5.41, 5.74) is 3.31. The fraction of sp³-hybridized carbons (Fsp3) is 0.318. The van der Waals surface area contributed by atoms with E-state index in [1.165, 1.54) is 10.9 Å². The Labute approximate surface area is 173 Å². The van der Waals surface area contributed by atoms with Crippen LogP contribution in [0.2, 0.25) is 0 Å². The summed E-state index contributed by atoms with van der Waals surface area (Å²) in [5, 5.41) is 5.34. The fourth-order valence-corrected chi connectivity index (χ4v) is 5.01. The van der Waals surface area contributed by atoms with E-state index >= 15 is 0 Å². The van der Waals surface area contributed by atoms with Crippen molar-refractivity contribution in [1.82, 2.24) is 20.3 Å². The molecule has 0 aliphatic carbocycles. The van der Waals surface area contributed by atoms with Crippen molar-refractivity contribution in [2.24, 2.45) is 5.92 Å². The number of para-hydroxylation sites is 1. The molecular weight excluding hydrogens is 382 g/mol. The first-order chi connectivity index (χ1) is 14.3. The fourth-order valence-electron chi connectivity index (χ4n) is 4.06. The number of hydrogen-bond acceptors (Lipinski definition) is 5. The number of rotatable bonds is 5. The summed E-state index contributed by atoms with van der Waals surface area (Å²) in [4.78, 5) is 28.3. The van der Waals surface area contributed by atoms with Gasteiger partial charge in [-0.25, -0.2) is 9.97 Å². The van der Waals surface area contributed by atoms with E-state index in [0.717, 1.165) is 53.3 Å². The lowest BCUT2D eigenvalue weighted by Crippen LogP contribution is -2.43. The Morgan fingerprint density at radius 3 is 3.14 bits per heavy atom. The first-order valence-electron chi connectivity index (χ1n) is 10.1. The zero-order valence-corrected chi connectivity index (χ0v) is 16.9. The molecule has 4 heterocycles. The molecule has 1 aliphatic heterocycles. The van der Waals surface area contributed by atoms with Crippen LogP contribution >= 0.6 is 11.3 Å². The van der Waals surface area contributed by atoms with Gasteiger partial charge in [-0.1, -0.05) is 29.5 Å². The van der Waals surface area contributed by atoms with Crippen LogP contribution in [0.25, 0.3) is 21.3 Å². The molecule has 0 bridgehead atoms. The average molecular weight is 406 g/mol. The van der Waals surface area contributed by atoms with E-state index in [9.17, 15) is 4.79 Å². The molecule has 0 unspecified atom stereocenters. The maximum atomic E-state index is 12.8. The predicted octanol–water partition coefficient (Wildman–Crippen LogP) is 3.75. The van der Waals surface area contributed by atoms with Crippen LogP contribution in [-0.2, 0) is 11.2 Å². The molecule has 7 heteroatoms. The minimum atomic E-state index is 0.00619. The normalized spacial score (nSPS) is 17.1. The lowest BCUT2D eigenvalue weighted by Gasteiger charge is -2.31. The van der Waals surface area contributed by atoms with Crippen molar-refractivity contribution in [2.75, 3.05) is 24.5 Å². The van der Waals surface area contributed by atoms with Crippen LogP contribution < -0.4 is 10.2 Å². The van der Waals surface area contributed by atoms with E-state index in [1.807, 2.05) is 30.5 Å². The molecule has 2 N–H and O–H groups in total. The molecule has 1 saturated heterocycles. The van der Waals surface area contributed by atoms with Gasteiger partial charge in [0.25, 0.3) is 0 Å². The lowest BCUT2D eigenvalue weighted by atomic mass is 9.97. The molecule has 1 aromatic carbocycles. The van der Waals surface area contributed by atoms with Crippen LogP contribution in [-0.4, -0.2) is 40.5 Å². The van der Waals surface area contributed by atoms with Gasteiger partial charge in [-0.05, 0) is 43.0 Å². The zero-order chi connectivity index (χ0) is 19.6. The maximum absolute atomic E-state index is 12.8. The van der Waals surface area contributed by atoms with E-state index in [-0.39, 0.29) is 11.8 Å². The largest absolute Gasteiger partial charge is 0.361 e. The number of piperidine rings is 1. The average Bonchev–Trinajstić information content (AvgIpc) is 3.38. The highest BCUT2D eigenvalue weighted by atomic mass is 32.1.